The fourth-order valence-corrected chi connectivity index (χ4v) is 1.34. The van der Waals surface area contributed by atoms with Gasteiger partial charge in [-0.3, -0.25) is 4.79 Å². The summed E-state index contributed by atoms with van der Waals surface area (Å²) in [4.78, 5) is 38.3. The molecule has 0 saturated carbocycles. The van der Waals surface area contributed by atoms with Crippen molar-refractivity contribution >= 4 is 63.9 Å². The summed E-state index contributed by atoms with van der Waals surface area (Å²) < 4.78 is 3.62. The van der Waals surface area contributed by atoms with Crippen molar-refractivity contribution < 1.29 is 24.3 Å². The van der Waals surface area contributed by atoms with Gasteiger partial charge in [0.25, 0.3) is 0 Å². The number of aliphatic carboxylic acids is 1. The van der Waals surface area contributed by atoms with Gasteiger partial charge in [0.1, 0.15) is 0 Å². The fraction of sp³-hybridized carbons (Fsp3) is 0.143. The van der Waals surface area contributed by atoms with Gasteiger partial charge in [-0.1, -0.05) is 28.4 Å². The molecule has 0 atom stereocenters. The Hall–Kier alpha value is -1.78. The summed E-state index contributed by atoms with van der Waals surface area (Å²) in [6, 6.07) is 0. The molecule has 12 heteroatoms. The van der Waals surface area contributed by atoms with Crippen molar-refractivity contribution in [1.29, 1.82) is 0 Å². The van der Waals surface area contributed by atoms with Crippen molar-refractivity contribution in [1.82, 2.24) is 9.36 Å². The first-order valence-corrected chi connectivity index (χ1v) is 5.95. The highest BCUT2D eigenvalue weighted by Crippen LogP contribution is 2.11. The number of alkyl halides is 2. The van der Waals surface area contributed by atoms with Gasteiger partial charge in [0, 0.05) is 11.5 Å². The van der Waals surface area contributed by atoms with Gasteiger partial charge in [-0.15, -0.1) is 0 Å². The first-order valence-electron chi connectivity index (χ1n) is 4.30. The van der Waals surface area contributed by atoms with E-state index < -0.39 is 22.5 Å². The van der Waals surface area contributed by atoms with E-state index in [9.17, 15) is 14.4 Å². The van der Waals surface area contributed by atoms with E-state index in [1.165, 1.54) is 0 Å². The number of carboxylic acids is 1. The molecule has 0 aromatic carbocycles. The van der Waals surface area contributed by atoms with E-state index >= 15 is 0 Å². The van der Waals surface area contributed by atoms with E-state index in [0.717, 1.165) is 11.5 Å². The molecule has 1 aromatic heterocycles. The highest BCUT2D eigenvalue weighted by atomic mass is 35.5. The predicted molar refractivity (Wildman–Crippen MR) is 65.4 cm³/mol. The third-order valence-electron chi connectivity index (χ3n) is 1.43. The zero-order valence-electron chi connectivity index (χ0n) is 8.74. The zero-order valence-corrected chi connectivity index (χ0v) is 11.1. The number of oxime groups is 1. The van der Waals surface area contributed by atoms with Gasteiger partial charge in [-0.05, 0) is 0 Å². The first-order chi connectivity index (χ1) is 8.95. The number of nitrogens with one attached hydrogen (secondary N) is 1. The van der Waals surface area contributed by atoms with E-state index in [4.69, 9.17) is 28.3 Å². The summed E-state index contributed by atoms with van der Waals surface area (Å²) in [5, 5.41) is 14.1. The molecule has 0 radical (unpaired) electrons. The van der Waals surface area contributed by atoms with Crippen molar-refractivity contribution in [2.75, 3.05) is 5.32 Å². The largest absolute Gasteiger partial charge is 0.476 e. The van der Waals surface area contributed by atoms with Crippen LogP contribution in [0, 0.1) is 0 Å². The lowest BCUT2D eigenvalue weighted by atomic mass is 10.4. The summed E-state index contributed by atoms with van der Waals surface area (Å²) in [6.07, 6.45) is 0.341. The number of anilines is 1. The minimum atomic E-state index is -1.54. The Balaban J connectivity index is 2.93. The number of hydrogen-bond donors (Lipinski definition) is 2. The molecule has 2 N–H and O–H groups in total. The number of carboxylic acid groups (broad SMARTS) is 1. The minimum Gasteiger partial charge on any atom is -0.476 e. The third kappa shape index (κ3) is 4.43. The molecular weight excluding hydrogens is 323 g/mol. The lowest BCUT2D eigenvalue weighted by molar-refractivity contribution is -0.141. The molecule has 0 fully saturated rings. The molecule has 1 rings (SSSR count). The summed E-state index contributed by atoms with van der Waals surface area (Å²) in [7, 11) is 0. The van der Waals surface area contributed by atoms with Crippen molar-refractivity contribution in [3.8, 4) is 0 Å². The normalized spacial score (nSPS) is 11.2. The van der Waals surface area contributed by atoms with Crippen molar-refractivity contribution in [3.63, 3.8) is 0 Å². The Kier molecular flexibility index (Phi) is 5.60. The molecule has 0 unspecified atom stereocenters. The monoisotopic (exact) mass is 326 g/mol. The number of amides is 1. The second kappa shape index (κ2) is 6.97. The highest BCUT2D eigenvalue weighted by molar-refractivity contribution is 7.10. The summed E-state index contributed by atoms with van der Waals surface area (Å²) in [5.74, 6) is -3.03. The Labute approximate surface area is 119 Å². The van der Waals surface area contributed by atoms with Crippen LogP contribution in [0.1, 0.15) is 5.82 Å². The van der Waals surface area contributed by atoms with Crippen LogP contribution in [0.3, 0.4) is 0 Å². The van der Waals surface area contributed by atoms with Crippen LogP contribution in [-0.4, -0.2) is 43.4 Å². The second-order valence-corrected chi connectivity index (χ2v) is 4.49. The maximum absolute atomic E-state index is 10.9. The van der Waals surface area contributed by atoms with Gasteiger partial charge in [-0.25, -0.2) is 9.59 Å². The Morgan fingerprint density at radius 1 is 1.53 bits per heavy atom. The topological polar surface area (TPSA) is 131 Å². The van der Waals surface area contributed by atoms with Gasteiger partial charge < -0.3 is 15.3 Å². The first kappa shape index (κ1) is 15.3. The zero-order chi connectivity index (χ0) is 14.4. The average molecular weight is 327 g/mol. The molecule has 0 saturated heterocycles. The smallest absolute Gasteiger partial charge is 0.367 e. The van der Waals surface area contributed by atoms with E-state index in [1.807, 2.05) is 0 Å². The number of aromatic nitrogens is 2. The van der Waals surface area contributed by atoms with Crippen LogP contribution in [-0.2, 0) is 19.2 Å². The second-order valence-electron chi connectivity index (χ2n) is 2.64. The number of nitrogens with zero attached hydrogens (tertiary/aromatic N) is 3. The Bertz CT molecular complexity index is 531. The predicted octanol–water partition coefficient (Wildman–Crippen LogP) is 0.242. The van der Waals surface area contributed by atoms with Crippen LogP contribution in [0.15, 0.2) is 5.16 Å². The lowest BCUT2D eigenvalue weighted by Crippen LogP contribution is -2.19. The van der Waals surface area contributed by atoms with Crippen molar-refractivity contribution in [2.24, 2.45) is 5.16 Å². The molecular formula is C7H4Cl2N4O5S. The molecule has 1 amide bonds. The van der Waals surface area contributed by atoms with E-state index in [0.29, 0.717) is 6.41 Å². The average Bonchev–Trinajstić information content (AvgIpc) is 2.77. The SMILES string of the molecule is O=CNc1nc(C(=NOC(=O)C(Cl)Cl)C(=O)O)ns1. The van der Waals surface area contributed by atoms with Crippen LogP contribution in [0.5, 0.6) is 0 Å². The van der Waals surface area contributed by atoms with Crippen molar-refractivity contribution in [2.45, 2.75) is 4.84 Å². The molecule has 0 aliphatic rings. The molecule has 0 aliphatic carbocycles. The van der Waals surface area contributed by atoms with Gasteiger partial charge >= 0.3 is 11.9 Å². The van der Waals surface area contributed by atoms with Crippen LogP contribution in [0.25, 0.3) is 0 Å². The molecule has 0 bridgehead atoms. The standard InChI is InChI=1S/C7H4Cl2N4O5S/c8-3(9)6(17)18-12-2(5(15)16)4-11-7(10-1-14)19-13-4/h1,3H,(H,15,16)(H,10,11,13,14). The third-order valence-corrected chi connectivity index (χ3v) is 2.43. The summed E-state index contributed by atoms with van der Waals surface area (Å²) in [6.45, 7) is 0. The molecule has 9 nitrogen and oxygen atoms in total. The number of hydrogen-bond acceptors (Lipinski definition) is 8. The van der Waals surface area contributed by atoms with Gasteiger partial charge in [-0.2, -0.15) is 9.36 Å². The molecule has 1 heterocycles. The Morgan fingerprint density at radius 2 is 2.21 bits per heavy atom. The Morgan fingerprint density at radius 3 is 2.74 bits per heavy atom. The lowest BCUT2D eigenvalue weighted by Gasteiger charge is -1.98. The van der Waals surface area contributed by atoms with E-state index in [1.54, 1.807) is 0 Å². The van der Waals surface area contributed by atoms with Gasteiger partial charge in [0.05, 0.1) is 0 Å². The van der Waals surface area contributed by atoms with E-state index in [2.05, 4.69) is 24.7 Å². The number of carbonyl (C=O) groups excluding carboxylic acids is 2. The molecule has 0 aliphatic heterocycles. The van der Waals surface area contributed by atoms with Crippen LogP contribution >= 0.6 is 34.7 Å². The van der Waals surface area contributed by atoms with Crippen LogP contribution in [0.4, 0.5) is 5.13 Å². The van der Waals surface area contributed by atoms with Crippen molar-refractivity contribution in [3.05, 3.63) is 5.82 Å². The summed E-state index contributed by atoms with van der Waals surface area (Å²) >= 11 is 11.1. The van der Waals surface area contributed by atoms with Gasteiger partial charge in [0.2, 0.25) is 27.9 Å². The highest BCUT2D eigenvalue weighted by Gasteiger charge is 2.21. The number of carbonyl (C=O) groups is 3. The van der Waals surface area contributed by atoms with Crippen LogP contribution < -0.4 is 5.32 Å². The molecule has 1 aromatic rings. The minimum absolute atomic E-state index is 0.0536. The summed E-state index contributed by atoms with van der Waals surface area (Å²) in [5.41, 5.74) is -0.738. The maximum Gasteiger partial charge on any atom is 0.367 e. The quantitative estimate of drug-likeness (QED) is 0.251. The van der Waals surface area contributed by atoms with Crippen LogP contribution in [0.2, 0.25) is 0 Å². The molecule has 0 spiro atoms. The van der Waals surface area contributed by atoms with Gasteiger partial charge in [0.15, 0.2) is 0 Å². The number of rotatable bonds is 6. The maximum atomic E-state index is 10.9. The fourth-order valence-electron chi connectivity index (χ4n) is 0.735. The molecule has 102 valence electrons. The number of halogens is 2. The molecule has 19 heavy (non-hydrogen) atoms. The van der Waals surface area contributed by atoms with E-state index in [-0.39, 0.29) is 11.0 Å².